The van der Waals surface area contributed by atoms with Gasteiger partial charge in [0.1, 0.15) is 0 Å². The Hall–Kier alpha value is -1.15. The van der Waals surface area contributed by atoms with Gasteiger partial charge in [0.2, 0.25) is 0 Å². The van der Waals surface area contributed by atoms with Crippen molar-refractivity contribution in [3.8, 4) is 0 Å². The molecule has 0 aromatic heterocycles. The minimum absolute atomic E-state index is 0.0964. The Balaban J connectivity index is 2.25. The van der Waals surface area contributed by atoms with Crippen LogP contribution in [0.15, 0.2) is 24.3 Å². The highest BCUT2D eigenvalue weighted by Crippen LogP contribution is 2.47. The minimum Gasteiger partial charge on any atom is -0.319 e. The maximum absolute atomic E-state index is 12.3. The van der Waals surface area contributed by atoms with Gasteiger partial charge in [0.25, 0.3) is 0 Å². The summed E-state index contributed by atoms with van der Waals surface area (Å²) in [6.45, 7) is 2.81. The van der Waals surface area contributed by atoms with Gasteiger partial charge >= 0.3 is 0 Å². The molecule has 1 aliphatic carbocycles. The summed E-state index contributed by atoms with van der Waals surface area (Å²) in [7, 11) is 1.91. The van der Waals surface area contributed by atoms with Crippen LogP contribution in [0.2, 0.25) is 0 Å². The first kappa shape index (κ1) is 10.4. The maximum Gasteiger partial charge on any atom is 0.170 e. The number of carbonyl (C=O) groups excluding carboxylic acids is 1. The summed E-state index contributed by atoms with van der Waals surface area (Å²) in [5.41, 5.74) is 1.89. The normalized spacial score (nSPS) is 17.5. The molecule has 0 unspecified atom stereocenters. The van der Waals surface area contributed by atoms with Crippen molar-refractivity contribution in [1.29, 1.82) is 0 Å². The Labute approximate surface area is 90.7 Å². The number of hydrogen-bond acceptors (Lipinski definition) is 2. The topological polar surface area (TPSA) is 29.1 Å². The average molecular weight is 203 g/mol. The van der Waals surface area contributed by atoms with Gasteiger partial charge in [0, 0.05) is 17.5 Å². The van der Waals surface area contributed by atoms with Crippen LogP contribution in [-0.2, 0) is 0 Å². The molecule has 0 amide bonds. The van der Waals surface area contributed by atoms with Gasteiger partial charge in [-0.2, -0.15) is 0 Å². The lowest BCUT2D eigenvalue weighted by atomic mass is 9.92. The Morgan fingerprint density at radius 1 is 1.40 bits per heavy atom. The van der Waals surface area contributed by atoms with Gasteiger partial charge in [-0.05, 0) is 32.4 Å². The van der Waals surface area contributed by atoms with E-state index in [0.717, 1.165) is 30.5 Å². The molecule has 15 heavy (non-hydrogen) atoms. The smallest absolute Gasteiger partial charge is 0.170 e. The Bertz CT molecular complexity index is 380. The van der Waals surface area contributed by atoms with Crippen molar-refractivity contribution in [1.82, 2.24) is 5.32 Å². The molecule has 80 valence electrons. The van der Waals surface area contributed by atoms with Crippen molar-refractivity contribution in [2.75, 3.05) is 13.6 Å². The first-order valence-electron chi connectivity index (χ1n) is 5.45. The SMILES string of the molecule is CNCC1(C(=O)c2ccccc2C)CC1. The van der Waals surface area contributed by atoms with Crippen LogP contribution in [0.1, 0.15) is 28.8 Å². The van der Waals surface area contributed by atoms with Gasteiger partial charge in [-0.3, -0.25) is 4.79 Å². The van der Waals surface area contributed by atoms with Crippen molar-refractivity contribution < 1.29 is 4.79 Å². The monoisotopic (exact) mass is 203 g/mol. The Morgan fingerprint density at radius 2 is 2.07 bits per heavy atom. The van der Waals surface area contributed by atoms with Crippen molar-refractivity contribution in [2.24, 2.45) is 5.41 Å². The molecule has 0 saturated heterocycles. The molecule has 0 radical (unpaired) electrons. The van der Waals surface area contributed by atoms with Crippen LogP contribution in [0.5, 0.6) is 0 Å². The molecule has 1 aromatic rings. The second kappa shape index (κ2) is 3.78. The minimum atomic E-state index is -0.0964. The number of ketones is 1. The number of nitrogens with one attached hydrogen (secondary N) is 1. The van der Waals surface area contributed by atoms with Crippen LogP contribution in [0, 0.1) is 12.3 Å². The molecule has 2 nitrogen and oxygen atoms in total. The van der Waals surface area contributed by atoms with Crippen LogP contribution < -0.4 is 5.32 Å². The predicted octanol–water partition coefficient (Wildman–Crippen LogP) is 2.18. The molecule has 0 heterocycles. The van der Waals surface area contributed by atoms with Crippen molar-refractivity contribution in [3.63, 3.8) is 0 Å². The summed E-state index contributed by atoms with van der Waals surface area (Å²) in [6, 6.07) is 7.86. The Kier molecular flexibility index (Phi) is 2.61. The highest BCUT2D eigenvalue weighted by Gasteiger charge is 2.49. The molecule has 0 aliphatic heterocycles. The lowest BCUT2D eigenvalue weighted by Gasteiger charge is -2.14. The lowest BCUT2D eigenvalue weighted by molar-refractivity contribution is 0.0899. The molecule has 1 fully saturated rings. The first-order valence-corrected chi connectivity index (χ1v) is 5.45. The first-order chi connectivity index (χ1) is 7.19. The third kappa shape index (κ3) is 1.82. The van der Waals surface area contributed by atoms with Crippen LogP contribution in [0.25, 0.3) is 0 Å². The average Bonchev–Trinajstić information content (AvgIpc) is 2.99. The van der Waals surface area contributed by atoms with E-state index in [9.17, 15) is 4.79 Å². The summed E-state index contributed by atoms with van der Waals surface area (Å²) in [4.78, 5) is 12.3. The fraction of sp³-hybridized carbons (Fsp3) is 0.462. The zero-order chi connectivity index (χ0) is 10.9. The van der Waals surface area contributed by atoms with E-state index in [1.54, 1.807) is 0 Å². The third-order valence-corrected chi connectivity index (χ3v) is 3.24. The van der Waals surface area contributed by atoms with Crippen LogP contribution in [0.3, 0.4) is 0 Å². The maximum atomic E-state index is 12.3. The number of hydrogen-bond donors (Lipinski definition) is 1. The molecular formula is C13H17NO. The number of benzene rings is 1. The van der Waals surface area contributed by atoms with E-state index in [4.69, 9.17) is 0 Å². The predicted molar refractivity (Wildman–Crippen MR) is 61.1 cm³/mol. The third-order valence-electron chi connectivity index (χ3n) is 3.24. The van der Waals surface area contributed by atoms with E-state index >= 15 is 0 Å². The van der Waals surface area contributed by atoms with E-state index in [-0.39, 0.29) is 5.41 Å². The fourth-order valence-electron chi connectivity index (χ4n) is 2.09. The number of aryl methyl sites for hydroxylation is 1. The summed E-state index contributed by atoms with van der Waals surface area (Å²) in [5, 5.41) is 3.12. The Morgan fingerprint density at radius 3 is 2.60 bits per heavy atom. The second-order valence-corrected chi connectivity index (χ2v) is 4.45. The van der Waals surface area contributed by atoms with Gasteiger partial charge in [-0.1, -0.05) is 24.3 Å². The van der Waals surface area contributed by atoms with E-state index < -0.39 is 0 Å². The summed E-state index contributed by atoms with van der Waals surface area (Å²) in [5.74, 6) is 0.315. The molecule has 1 N–H and O–H groups in total. The van der Waals surface area contributed by atoms with Crippen molar-refractivity contribution >= 4 is 5.78 Å². The van der Waals surface area contributed by atoms with Gasteiger partial charge in [-0.15, -0.1) is 0 Å². The molecule has 1 aliphatic rings. The summed E-state index contributed by atoms with van der Waals surface area (Å²) >= 11 is 0. The molecule has 0 spiro atoms. The van der Waals surface area contributed by atoms with Gasteiger partial charge < -0.3 is 5.32 Å². The molecule has 1 aromatic carbocycles. The fourth-order valence-corrected chi connectivity index (χ4v) is 2.09. The largest absolute Gasteiger partial charge is 0.319 e. The van der Waals surface area contributed by atoms with E-state index in [2.05, 4.69) is 5.32 Å². The van der Waals surface area contributed by atoms with Crippen LogP contribution in [0.4, 0.5) is 0 Å². The molecular weight excluding hydrogens is 186 g/mol. The summed E-state index contributed by atoms with van der Waals surface area (Å²) < 4.78 is 0. The van der Waals surface area contributed by atoms with Gasteiger partial charge in [0.05, 0.1) is 0 Å². The summed E-state index contributed by atoms with van der Waals surface area (Å²) in [6.07, 6.45) is 2.06. The van der Waals surface area contributed by atoms with E-state index in [0.29, 0.717) is 5.78 Å². The highest BCUT2D eigenvalue weighted by atomic mass is 16.1. The quantitative estimate of drug-likeness (QED) is 0.760. The van der Waals surface area contributed by atoms with E-state index in [1.807, 2.05) is 38.2 Å². The molecule has 0 bridgehead atoms. The standard InChI is InChI=1S/C13H17NO/c1-10-5-3-4-6-11(10)12(15)13(7-8-13)9-14-2/h3-6,14H,7-9H2,1-2H3. The van der Waals surface area contributed by atoms with E-state index in [1.165, 1.54) is 0 Å². The number of carbonyl (C=O) groups is 1. The van der Waals surface area contributed by atoms with Crippen LogP contribution in [-0.4, -0.2) is 19.4 Å². The lowest BCUT2D eigenvalue weighted by Crippen LogP contribution is -2.28. The van der Waals surface area contributed by atoms with Crippen molar-refractivity contribution in [2.45, 2.75) is 19.8 Å². The zero-order valence-corrected chi connectivity index (χ0v) is 9.34. The highest BCUT2D eigenvalue weighted by molar-refractivity contribution is 6.03. The molecule has 0 atom stereocenters. The van der Waals surface area contributed by atoms with Gasteiger partial charge in [0.15, 0.2) is 5.78 Å². The van der Waals surface area contributed by atoms with Crippen molar-refractivity contribution in [3.05, 3.63) is 35.4 Å². The zero-order valence-electron chi connectivity index (χ0n) is 9.34. The number of rotatable bonds is 4. The molecule has 2 heteroatoms. The van der Waals surface area contributed by atoms with Crippen LogP contribution >= 0.6 is 0 Å². The molecule has 2 rings (SSSR count). The number of Topliss-reactive ketones (excluding diaryl/α,β-unsaturated/α-hetero) is 1. The second-order valence-electron chi connectivity index (χ2n) is 4.45. The van der Waals surface area contributed by atoms with Gasteiger partial charge in [-0.25, -0.2) is 0 Å². The molecule has 1 saturated carbocycles.